The fourth-order valence-corrected chi connectivity index (χ4v) is 3.08. The zero-order chi connectivity index (χ0) is 17.3. The highest BCUT2D eigenvalue weighted by atomic mass is 32.1. The van der Waals surface area contributed by atoms with E-state index in [0.29, 0.717) is 16.0 Å². The van der Waals surface area contributed by atoms with Crippen LogP contribution in [0.25, 0.3) is 10.1 Å². The molecule has 2 aromatic carbocycles. The molecule has 0 saturated heterocycles. The Bertz CT molecular complexity index is 962. The van der Waals surface area contributed by atoms with E-state index in [4.69, 9.17) is 5.11 Å². The minimum atomic E-state index is -1.04. The number of carboxylic acids is 1. The smallest absolute Gasteiger partial charge is 0.335 e. The normalized spacial score (nSPS) is 10.5. The predicted octanol–water partition coefficient (Wildman–Crippen LogP) is 3.76. The quantitative estimate of drug-likeness (QED) is 0.554. The summed E-state index contributed by atoms with van der Waals surface area (Å²) in [5.41, 5.74) is 0.562. The van der Waals surface area contributed by atoms with Gasteiger partial charge in [-0.25, -0.2) is 4.79 Å². The molecule has 0 aliphatic rings. The molecular weight excluding hydrogens is 332 g/mol. The van der Waals surface area contributed by atoms with Crippen molar-refractivity contribution in [3.05, 3.63) is 69.1 Å². The second kappa shape index (κ2) is 6.09. The Morgan fingerprint density at radius 3 is 2.42 bits per heavy atom. The molecular formula is C16H10N2O5S. The maximum atomic E-state index is 12.3. The van der Waals surface area contributed by atoms with E-state index >= 15 is 0 Å². The van der Waals surface area contributed by atoms with E-state index in [0.717, 1.165) is 4.70 Å². The number of carboxylic acid groups (broad SMARTS) is 1. The van der Waals surface area contributed by atoms with E-state index in [1.807, 2.05) is 0 Å². The van der Waals surface area contributed by atoms with Gasteiger partial charge in [-0.1, -0.05) is 0 Å². The molecule has 0 bridgehead atoms. The highest BCUT2D eigenvalue weighted by Gasteiger charge is 2.13. The average molecular weight is 342 g/mol. The van der Waals surface area contributed by atoms with Crippen LogP contribution >= 0.6 is 11.3 Å². The molecule has 2 N–H and O–H groups in total. The van der Waals surface area contributed by atoms with Crippen molar-refractivity contribution in [2.75, 3.05) is 5.32 Å². The van der Waals surface area contributed by atoms with Crippen molar-refractivity contribution in [2.45, 2.75) is 0 Å². The zero-order valence-corrected chi connectivity index (χ0v) is 12.9. The second-order valence-electron chi connectivity index (χ2n) is 4.93. The summed E-state index contributed by atoms with van der Waals surface area (Å²) >= 11 is 1.22. The predicted molar refractivity (Wildman–Crippen MR) is 89.8 cm³/mol. The van der Waals surface area contributed by atoms with Gasteiger partial charge in [0.25, 0.3) is 11.6 Å². The van der Waals surface area contributed by atoms with Gasteiger partial charge in [0, 0.05) is 27.9 Å². The number of hydrogen-bond donors (Lipinski definition) is 2. The third kappa shape index (κ3) is 3.08. The number of nitro benzene ring substituents is 1. The standard InChI is InChI=1S/C16H10N2O5S/c19-15(17-11-3-1-9(2-4-11)16(20)21)14-8-10-7-12(18(22)23)5-6-13(10)24-14/h1-8H,(H,17,19)(H,20,21). The van der Waals surface area contributed by atoms with Gasteiger partial charge in [-0.15, -0.1) is 11.3 Å². The number of thiophene rings is 1. The molecule has 0 unspecified atom stereocenters. The van der Waals surface area contributed by atoms with E-state index in [1.54, 1.807) is 12.1 Å². The lowest BCUT2D eigenvalue weighted by atomic mass is 10.2. The molecule has 3 rings (SSSR count). The summed E-state index contributed by atoms with van der Waals surface area (Å²) in [6.45, 7) is 0. The van der Waals surface area contributed by atoms with Gasteiger partial charge >= 0.3 is 5.97 Å². The molecule has 7 nitrogen and oxygen atoms in total. The molecule has 1 heterocycles. The van der Waals surface area contributed by atoms with Crippen LogP contribution in [0.15, 0.2) is 48.5 Å². The fourth-order valence-electron chi connectivity index (χ4n) is 2.15. The van der Waals surface area contributed by atoms with Gasteiger partial charge in [0.1, 0.15) is 0 Å². The minimum Gasteiger partial charge on any atom is -0.478 e. The number of amides is 1. The van der Waals surface area contributed by atoms with Gasteiger partial charge in [-0.05, 0) is 36.4 Å². The van der Waals surface area contributed by atoms with Crippen molar-refractivity contribution in [1.82, 2.24) is 0 Å². The van der Waals surface area contributed by atoms with Gasteiger partial charge in [0.2, 0.25) is 0 Å². The first-order chi connectivity index (χ1) is 11.4. The van der Waals surface area contributed by atoms with Crippen LogP contribution in [0.5, 0.6) is 0 Å². The van der Waals surface area contributed by atoms with E-state index in [1.165, 1.54) is 47.7 Å². The third-order valence-electron chi connectivity index (χ3n) is 3.32. The average Bonchev–Trinajstić information content (AvgIpc) is 2.98. The zero-order valence-electron chi connectivity index (χ0n) is 12.1. The van der Waals surface area contributed by atoms with Crippen LogP contribution in [-0.4, -0.2) is 21.9 Å². The fraction of sp³-hybridized carbons (Fsp3) is 0. The topological polar surface area (TPSA) is 110 Å². The second-order valence-corrected chi connectivity index (χ2v) is 6.01. The first-order valence-corrected chi connectivity index (χ1v) is 7.58. The van der Waals surface area contributed by atoms with Crippen LogP contribution in [0.1, 0.15) is 20.0 Å². The van der Waals surface area contributed by atoms with Crippen LogP contribution in [0.4, 0.5) is 11.4 Å². The number of anilines is 1. The lowest BCUT2D eigenvalue weighted by Crippen LogP contribution is -2.10. The van der Waals surface area contributed by atoms with E-state index in [-0.39, 0.29) is 17.2 Å². The van der Waals surface area contributed by atoms with Crippen LogP contribution in [0.3, 0.4) is 0 Å². The number of hydrogen-bond acceptors (Lipinski definition) is 5. The van der Waals surface area contributed by atoms with Gasteiger partial charge in [0.05, 0.1) is 15.4 Å². The van der Waals surface area contributed by atoms with Crippen LogP contribution in [-0.2, 0) is 0 Å². The Hall–Kier alpha value is -3.26. The first-order valence-electron chi connectivity index (χ1n) is 6.77. The van der Waals surface area contributed by atoms with Gasteiger partial charge in [-0.3, -0.25) is 14.9 Å². The van der Waals surface area contributed by atoms with Crippen molar-refractivity contribution in [3.63, 3.8) is 0 Å². The lowest BCUT2D eigenvalue weighted by Gasteiger charge is -2.03. The molecule has 0 spiro atoms. The van der Waals surface area contributed by atoms with Crippen molar-refractivity contribution in [1.29, 1.82) is 0 Å². The molecule has 24 heavy (non-hydrogen) atoms. The van der Waals surface area contributed by atoms with Gasteiger partial charge in [-0.2, -0.15) is 0 Å². The highest BCUT2D eigenvalue weighted by molar-refractivity contribution is 7.20. The number of nitrogens with one attached hydrogen (secondary N) is 1. The number of carbonyl (C=O) groups excluding carboxylic acids is 1. The van der Waals surface area contributed by atoms with E-state index < -0.39 is 10.9 Å². The maximum absolute atomic E-state index is 12.3. The third-order valence-corrected chi connectivity index (χ3v) is 4.44. The molecule has 1 aromatic heterocycles. The largest absolute Gasteiger partial charge is 0.478 e. The summed E-state index contributed by atoms with van der Waals surface area (Å²) < 4.78 is 0.770. The lowest BCUT2D eigenvalue weighted by molar-refractivity contribution is -0.384. The van der Waals surface area contributed by atoms with E-state index in [9.17, 15) is 19.7 Å². The first kappa shape index (κ1) is 15.6. The molecule has 0 radical (unpaired) electrons. The highest BCUT2D eigenvalue weighted by Crippen LogP contribution is 2.29. The Kier molecular flexibility index (Phi) is 3.97. The molecule has 8 heteroatoms. The Morgan fingerprint density at radius 1 is 1.08 bits per heavy atom. The van der Waals surface area contributed by atoms with Crippen LogP contribution in [0, 0.1) is 10.1 Å². The van der Waals surface area contributed by atoms with Crippen molar-refractivity contribution < 1.29 is 19.6 Å². The summed E-state index contributed by atoms with van der Waals surface area (Å²) in [6.07, 6.45) is 0. The molecule has 1 amide bonds. The summed E-state index contributed by atoms with van der Waals surface area (Å²) in [6, 6.07) is 11.8. The monoisotopic (exact) mass is 342 g/mol. The Morgan fingerprint density at radius 2 is 1.79 bits per heavy atom. The number of rotatable bonds is 4. The molecule has 0 atom stereocenters. The van der Waals surface area contributed by atoms with E-state index in [2.05, 4.69) is 5.32 Å². The summed E-state index contributed by atoms with van der Waals surface area (Å²) in [5.74, 6) is -1.40. The SMILES string of the molecule is O=C(O)c1ccc(NC(=O)c2cc3cc([N+](=O)[O-])ccc3s2)cc1. The number of nitro groups is 1. The maximum Gasteiger partial charge on any atom is 0.335 e. The van der Waals surface area contributed by atoms with Crippen LogP contribution < -0.4 is 5.32 Å². The number of non-ortho nitro benzene ring substituents is 1. The van der Waals surface area contributed by atoms with Crippen LogP contribution in [0.2, 0.25) is 0 Å². The Labute approximate surface area is 139 Å². The number of aromatic carboxylic acids is 1. The molecule has 0 aliphatic heterocycles. The number of benzene rings is 2. The number of carbonyl (C=O) groups is 2. The molecule has 120 valence electrons. The number of nitrogens with zero attached hydrogens (tertiary/aromatic N) is 1. The molecule has 0 fully saturated rings. The van der Waals surface area contributed by atoms with Gasteiger partial charge < -0.3 is 10.4 Å². The molecule has 0 saturated carbocycles. The molecule has 0 aliphatic carbocycles. The summed E-state index contributed by atoms with van der Waals surface area (Å²) in [7, 11) is 0. The van der Waals surface area contributed by atoms with Gasteiger partial charge in [0.15, 0.2) is 0 Å². The summed E-state index contributed by atoms with van der Waals surface area (Å²) in [5, 5.41) is 22.9. The summed E-state index contributed by atoms with van der Waals surface area (Å²) in [4.78, 5) is 33.8. The van der Waals surface area contributed by atoms with Crippen molar-refractivity contribution in [2.24, 2.45) is 0 Å². The number of fused-ring (bicyclic) bond motifs is 1. The molecule has 3 aromatic rings. The Balaban J connectivity index is 1.83. The minimum absolute atomic E-state index is 0.0310. The van der Waals surface area contributed by atoms with Crippen molar-refractivity contribution >= 4 is 44.7 Å². The van der Waals surface area contributed by atoms with Crippen molar-refractivity contribution in [3.8, 4) is 0 Å².